The predicted molar refractivity (Wildman–Crippen MR) is 70.4 cm³/mol. The van der Waals surface area contributed by atoms with Crippen LogP contribution in [0.3, 0.4) is 0 Å². The Kier molecular flexibility index (Phi) is 5.01. The van der Waals surface area contributed by atoms with Gasteiger partial charge >= 0.3 is 0 Å². The van der Waals surface area contributed by atoms with Crippen molar-refractivity contribution in [3.8, 4) is 0 Å². The minimum Gasteiger partial charge on any atom is -0.390 e. The van der Waals surface area contributed by atoms with Gasteiger partial charge in [0.25, 0.3) is 0 Å². The number of methoxy groups -OCH3 is 1. The maximum absolute atomic E-state index is 9.74. The summed E-state index contributed by atoms with van der Waals surface area (Å²) in [7, 11) is 1.69. The molecule has 0 heterocycles. The van der Waals surface area contributed by atoms with E-state index in [1.165, 1.54) is 25.7 Å². The lowest BCUT2D eigenvalue weighted by molar-refractivity contribution is 0.0438. The first kappa shape index (κ1) is 14.3. The maximum atomic E-state index is 9.74. The highest BCUT2D eigenvalue weighted by molar-refractivity contribution is 4.96. The van der Waals surface area contributed by atoms with Crippen LogP contribution in [0, 0.1) is 11.3 Å². The molecule has 0 aliphatic heterocycles. The van der Waals surface area contributed by atoms with Crippen LogP contribution in [-0.2, 0) is 4.74 Å². The Balaban J connectivity index is 1.79. The van der Waals surface area contributed by atoms with Gasteiger partial charge in [-0.25, -0.2) is 0 Å². The van der Waals surface area contributed by atoms with Crippen LogP contribution >= 0.6 is 0 Å². The van der Waals surface area contributed by atoms with Crippen molar-refractivity contribution < 1.29 is 14.9 Å². The van der Waals surface area contributed by atoms with Gasteiger partial charge in [-0.15, -0.1) is 0 Å². The van der Waals surface area contributed by atoms with E-state index in [0.29, 0.717) is 19.4 Å². The zero-order valence-electron chi connectivity index (χ0n) is 11.4. The fourth-order valence-corrected chi connectivity index (χ4v) is 3.62. The molecule has 0 amide bonds. The van der Waals surface area contributed by atoms with Crippen LogP contribution < -0.4 is 5.32 Å². The molecule has 4 heteroatoms. The SMILES string of the molecule is COCC1(CNCC2CCCC2)C[C@@H](O)[C@@H](O)C1. The summed E-state index contributed by atoms with van der Waals surface area (Å²) < 4.78 is 5.29. The van der Waals surface area contributed by atoms with Crippen LogP contribution in [0.15, 0.2) is 0 Å². The van der Waals surface area contributed by atoms with Gasteiger partial charge in [0.2, 0.25) is 0 Å². The Morgan fingerprint density at radius 3 is 2.33 bits per heavy atom. The molecule has 0 spiro atoms. The highest BCUT2D eigenvalue weighted by Gasteiger charge is 2.43. The van der Waals surface area contributed by atoms with Crippen molar-refractivity contribution in [1.29, 1.82) is 0 Å². The van der Waals surface area contributed by atoms with Gasteiger partial charge in [0, 0.05) is 19.1 Å². The Morgan fingerprint density at radius 2 is 1.78 bits per heavy atom. The van der Waals surface area contributed by atoms with Crippen LogP contribution in [0.2, 0.25) is 0 Å². The molecule has 106 valence electrons. The summed E-state index contributed by atoms with van der Waals surface area (Å²) in [5.74, 6) is 0.820. The van der Waals surface area contributed by atoms with Crippen molar-refractivity contribution in [3.05, 3.63) is 0 Å². The van der Waals surface area contributed by atoms with Gasteiger partial charge in [0.15, 0.2) is 0 Å². The standard InChI is InChI=1S/C14H27NO3/c1-18-10-14(6-12(16)13(17)7-14)9-15-8-11-4-2-3-5-11/h11-13,15-17H,2-10H2,1H3/t12-,13+,14?. The molecular weight excluding hydrogens is 230 g/mol. The van der Waals surface area contributed by atoms with Crippen molar-refractivity contribution in [3.63, 3.8) is 0 Å². The van der Waals surface area contributed by atoms with Crippen LogP contribution in [0.4, 0.5) is 0 Å². The van der Waals surface area contributed by atoms with E-state index in [2.05, 4.69) is 5.32 Å². The maximum Gasteiger partial charge on any atom is 0.0806 e. The third-order valence-electron chi connectivity index (χ3n) is 4.59. The number of hydrogen-bond acceptors (Lipinski definition) is 4. The van der Waals surface area contributed by atoms with Gasteiger partial charge in [0.1, 0.15) is 0 Å². The third-order valence-corrected chi connectivity index (χ3v) is 4.59. The zero-order chi connectivity index (χ0) is 13.0. The predicted octanol–water partition coefficient (Wildman–Crippen LogP) is 0.915. The summed E-state index contributed by atoms with van der Waals surface area (Å²) in [6, 6.07) is 0. The van der Waals surface area contributed by atoms with Crippen molar-refractivity contribution in [2.24, 2.45) is 11.3 Å². The number of ether oxygens (including phenoxy) is 1. The van der Waals surface area contributed by atoms with Crippen LogP contribution in [0.1, 0.15) is 38.5 Å². The van der Waals surface area contributed by atoms with Gasteiger partial charge in [0.05, 0.1) is 18.8 Å². The number of aliphatic hydroxyl groups excluding tert-OH is 2. The first-order valence-electron chi connectivity index (χ1n) is 7.21. The topological polar surface area (TPSA) is 61.7 Å². The molecule has 2 saturated carbocycles. The molecule has 1 unspecified atom stereocenters. The molecule has 3 N–H and O–H groups in total. The van der Waals surface area contributed by atoms with E-state index in [0.717, 1.165) is 19.0 Å². The van der Waals surface area contributed by atoms with Crippen molar-refractivity contribution >= 4 is 0 Å². The molecule has 0 aromatic heterocycles. The molecule has 2 aliphatic carbocycles. The number of aliphatic hydroxyl groups is 2. The lowest BCUT2D eigenvalue weighted by Gasteiger charge is -2.29. The highest BCUT2D eigenvalue weighted by atomic mass is 16.5. The van der Waals surface area contributed by atoms with Crippen molar-refractivity contribution in [2.75, 3.05) is 26.8 Å². The van der Waals surface area contributed by atoms with Crippen LogP contribution in [-0.4, -0.2) is 49.2 Å². The van der Waals surface area contributed by atoms with E-state index in [9.17, 15) is 10.2 Å². The molecule has 0 aromatic carbocycles. The Morgan fingerprint density at radius 1 is 1.17 bits per heavy atom. The van der Waals surface area contributed by atoms with E-state index >= 15 is 0 Å². The molecule has 2 rings (SSSR count). The second-order valence-corrected chi connectivity index (χ2v) is 6.26. The summed E-state index contributed by atoms with van der Waals surface area (Å²) in [6.45, 7) is 2.52. The normalized spacial score (nSPS) is 37.5. The summed E-state index contributed by atoms with van der Waals surface area (Å²) >= 11 is 0. The average molecular weight is 257 g/mol. The fraction of sp³-hybridized carbons (Fsp3) is 1.00. The van der Waals surface area contributed by atoms with Gasteiger partial charge in [-0.05, 0) is 38.1 Å². The number of hydrogen-bond donors (Lipinski definition) is 3. The molecule has 2 aliphatic rings. The van der Waals surface area contributed by atoms with Crippen molar-refractivity contribution in [1.82, 2.24) is 5.32 Å². The molecule has 4 nitrogen and oxygen atoms in total. The average Bonchev–Trinajstić information content (AvgIpc) is 2.90. The molecular formula is C14H27NO3. The minimum atomic E-state index is -0.589. The van der Waals surface area contributed by atoms with E-state index in [1.807, 2.05) is 0 Å². The second-order valence-electron chi connectivity index (χ2n) is 6.26. The largest absolute Gasteiger partial charge is 0.390 e. The smallest absolute Gasteiger partial charge is 0.0806 e. The van der Waals surface area contributed by atoms with Crippen LogP contribution in [0.25, 0.3) is 0 Å². The molecule has 18 heavy (non-hydrogen) atoms. The van der Waals surface area contributed by atoms with E-state index in [4.69, 9.17) is 4.74 Å². The molecule has 3 atom stereocenters. The zero-order valence-corrected chi connectivity index (χ0v) is 11.4. The van der Waals surface area contributed by atoms with Crippen molar-refractivity contribution in [2.45, 2.75) is 50.7 Å². The Labute approximate surface area is 110 Å². The first-order valence-corrected chi connectivity index (χ1v) is 7.21. The second kappa shape index (κ2) is 6.33. The summed E-state index contributed by atoms with van der Waals surface area (Å²) in [4.78, 5) is 0. The van der Waals surface area contributed by atoms with E-state index < -0.39 is 12.2 Å². The van der Waals surface area contributed by atoms with Gasteiger partial charge < -0.3 is 20.3 Å². The first-order chi connectivity index (χ1) is 8.65. The Bertz CT molecular complexity index is 243. The molecule has 0 saturated heterocycles. The van der Waals surface area contributed by atoms with Gasteiger partial charge in [-0.2, -0.15) is 0 Å². The van der Waals surface area contributed by atoms with Gasteiger partial charge in [-0.3, -0.25) is 0 Å². The molecule has 0 aromatic rings. The quantitative estimate of drug-likeness (QED) is 0.662. The van der Waals surface area contributed by atoms with E-state index in [-0.39, 0.29) is 5.41 Å². The van der Waals surface area contributed by atoms with Crippen LogP contribution in [0.5, 0.6) is 0 Å². The highest BCUT2D eigenvalue weighted by Crippen LogP contribution is 2.38. The number of nitrogens with one attached hydrogen (secondary N) is 1. The molecule has 0 bridgehead atoms. The fourth-order valence-electron chi connectivity index (χ4n) is 3.62. The third kappa shape index (κ3) is 3.44. The summed E-state index contributed by atoms with van der Waals surface area (Å²) in [5.41, 5.74) is -0.0911. The lowest BCUT2D eigenvalue weighted by atomic mass is 9.86. The summed E-state index contributed by atoms with van der Waals surface area (Å²) in [6.07, 6.45) is 5.52. The van der Waals surface area contributed by atoms with E-state index in [1.54, 1.807) is 7.11 Å². The number of rotatable bonds is 6. The monoisotopic (exact) mass is 257 g/mol. The van der Waals surface area contributed by atoms with Gasteiger partial charge in [-0.1, -0.05) is 12.8 Å². The lowest BCUT2D eigenvalue weighted by Crippen LogP contribution is -2.38. The molecule has 0 radical (unpaired) electrons. The molecule has 2 fully saturated rings. The Hall–Kier alpha value is -0.160. The minimum absolute atomic E-state index is 0.0911. The summed E-state index contributed by atoms with van der Waals surface area (Å²) in [5, 5.41) is 23.0.